The van der Waals surface area contributed by atoms with Crippen LogP contribution in [0.1, 0.15) is 38.4 Å². The Kier molecular flexibility index (Phi) is 5.17. The first kappa shape index (κ1) is 15.0. The van der Waals surface area contributed by atoms with Crippen molar-refractivity contribution in [1.29, 1.82) is 0 Å². The van der Waals surface area contributed by atoms with Gasteiger partial charge in [0, 0.05) is 44.4 Å². The normalized spacial score (nSPS) is 20.9. The summed E-state index contributed by atoms with van der Waals surface area (Å²) >= 11 is 0. The maximum atomic E-state index is 12.2. The maximum absolute atomic E-state index is 12.2. The number of aromatic nitrogens is 2. The van der Waals surface area contributed by atoms with Crippen LogP contribution in [0, 0.1) is 12.8 Å². The van der Waals surface area contributed by atoms with E-state index in [0.29, 0.717) is 13.0 Å². The molecule has 2 rings (SSSR count). The highest BCUT2D eigenvalue weighted by atomic mass is 16.3. The fraction of sp³-hybridized carbons (Fsp3) is 0.733. The number of amides is 1. The lowest BCUT2D eigenvalue weighted by atomic mass is 9.93. The zero-order valence-corrected chi connectivity index (χ0v) is 12.5. The van der Waals surface area contributed by atoms with Crippen molar-refractivity contribution in [2.45, 2.75) is 52.2 Å². The van der Waals surface area contributed by atoms with Gasteiger partial charge in [-0.2, -0.15) is 0 Å². The number of likely N-dealkylation sites (tertiary alicyclic amines) is 1. The van der Waals surface area contributed by atoms with E-state index in [9.17, 15) is 9.90 Å². The number of nitrogens with zero attached hydrogens (tertiary/aromatic N) is 3. The SMILES string of the molecule is Cc1nccn1CCCC(=O)N1CCCC(C(C)O)C1. The van der Waals surface area contributed by atoms with Gasteiger partial charge < -0.3 is 14.6 Å². The predicted octanol–water partition coefficient (Wildman–Crippen LogP) is 1.59. The van der Waals surface area contributed by atoms with Crippen molar-refractivity contribution in [3.8, 4) is 0 Å². The third-order valence-electron chi connectivity index (χ3n) is 4.21. The summed E-state index contributed by atoms with van der Waals surface area (Å²) in [5.41, 5.74) is 0. The van der Waals surface area contributed by atoms with Crippen LogP contribution in [0.2, 0.25) is 0 Å². The van der Waals surface area contributed by atoms with Gasteiger partial charge in [-0.25, -0.2) is 4.98 Å². The minimum Gasteiger partial charge on any atom is -0.393 e. The Bertz CT molecular complexity index is 442. The van der Waals surface area contributed by atoms with Crippen molar-refractivity contribution in [3.05, 3.63) is 18.2 Å². The van der Waals surface area contributed by atoms with E-state index in [-0.39, 0.29) is 17.9 Å². The number of aliphatic hydroxyl groups is 1. The lowest BCUT2D eigenvalue weighted by molar-refractivity contribution is -0.133. The molecule has 1 aromatic rings. The molecule has 5 nitrogen and oxygen atoms in total. The molecule has 1 aromatic heterocycles. The van der Waals surface area contributed by atoms with Crippen LogP contribution in [-0.2, 0) is 11.3 Å². The Labute approximate surface area is 120 Å². The Hall–Kier alpha value is -1.36. The third-order valence-corrected chi connectivity index (χ3v) is 4.21. The average molecular weight is 279 g/mol. The van der Waals surface area contributed by atoms with Crippen molar-refractivity contribution in [1.82, 2.24) is 14.5 Å². The number of imidazole rings is 1. The van der Waals surface area contributed by atoms with Crippen LogP contribution in [0.4, 0.5) is 0 Å². The lowest BCUT2D eigenvalue weighted by Crippen LogP contribution is -2.42. The first-order valence-electron chi connectivity index (χ1n) is 7.51. The number of aryl methyl sites for hydroxylation is 2. The van der Waals surface area contributed by atoms with Crippen LogP contribution >= 0.6 is 0 Å². The molecule has 0 bridgehead atoms. The van der Waals surface area contributed by atoms with Gasteiger partial charge in [0.1, 0.15) is 5.82 Å². The molecular formula is C15H25N3O2. The van der Waals surface area contributed by atoms with Crippen LogP contribution in [-0.4, -0.2) is 44.7 Å². The third kappa shape index (κ3) is 3.82. The number of carbonyl (C=O) groups is 1. The summed E-state index contributed by atoms with van der Waals surface area (Å²) in [4.78, 5) is 18.3. The van der Waals surface area contributed by atoms with Gasteiger partial charge in [0.25, 0.3) is 0 Å². The van der Waals surface area contributed by atoms with Gasteiger partial charge in [0.15, 0.2) is 0 Å². The molecule has 0 radical (unpaired) electrons. The monoisotopic (exact) mass is 279 g/mol. The van der Waals surface area contributed by atoms with E-state index in [1.807, 2.05) is 24.9 Å². The molecule has 0 aliphatic carbocycles. The summed E-state index contributed by atoms with van der Waals surface area (Å²) in [5, 5.41) is 9.66. The number of piperidine rings is 1. The van der Waals surface area contributed by atoms with Crippen molar-refractivity contribution < 1.29 is 9.90 Å². The van der Waals surface area contributed by atoms with Gasteiger partial charge in [0.2, 0.25) is 5.91 Å². The van der Waals surface area contributed by atoms with E-state index in [2.05, 4.69) is 9.55 Å². The van der Waals surface area contributed by atoms with Crippen LogP contribution in [0.25, 0.3) is 0 Å². The average Bonchev–Trinajstić information content (AvgIpc) is 2.84. The van der Waals surface area contributed by atoms with E-state index < -0.39 is 0 Å². The number of hydrogen-bond acceptors (Lipinski definition) is 3. The van der Waals surface area contributed by atoms with E-state index in [0.717, 1.165) is 38.2 Å². The first-order valence-corrected chi connectivity index (χ1v) is 7.51. The van der Waals surface area contributed by atoms with Gasteiger partial charge >= 0.3 is 0 Å². The topological polar surface area (TPSA) is 58.4 Å². The standard InChI is InChI=1S/C15H25N3O2/c1-12(19)14-5-3-9-18(11-14)15(20)6-4-8-17-10-7-16-13(17)2/h7,10,12,14,19H,3-6,8-9,11H2,1-2H3. The summed E-state index contributed by atoms with van der Waals surface area (Å²) in [6, 6.07) is 0. The van der Waals surface area contributed by atoms with E-state index in [1.54, 1.807) is 6.20 Å². The minimum absolute atomic E-state index is 0.216. The number of carbonyl (C=O) groups excluding carboxylic acids is 1. The van der Waals surface area contributed by atoms with E-state index >= 15 is 0 Å². The van der Waals surface area contributed by atoms with Gasteiger partial charge in [-0.3, -0.25) is 4.79 Å². The molecular weight excluding hydrogens is 254 g/mol. The number of aliphatic hydroxyl groups excluding tert-OH is 1. The molecule has 1 saturated heterocycles. The Morgan fingerprint density at radius 1 is 1.60 bits per heavy atom. The van der Waals surface area contributed by atoms with Crippen LogP contribution < -0.4 is 0 Å². The quantitative estimate of drug-likeness (QED) is 0.890. The molecule has 1 amide bonds. The van der Waals surface area contributed by atoms with Gasteiger partial charge in [-0.15, -0.1) is 0 Å². The Balaban J connectivity index is 1.75. The minimum atomic E-state index is -0.320. The largest absolute Gasteiger partial charge is 0.393 e. The lowest BCUT2D eigenvalue weighted by Gasteiger charge is -2.34. The summed E-state index contributed by atoms with van der Waals surface area (Å²) in [6.45, 7) is 6.18. The molecule has 0 aromatic carbocycles. The molecule has 0 saturated carbocycles. The highest BCUT2D eigenvalue weighted by Gasteiger charge is 2.25. The molecule has 1 aliphatic rings. The molecule has 2 atom stereocenters. The molecule has 1 fully saturated rings. The second kappa shape index (κ2) is 6.88. The molecule has 2 unspecified atom stereocenters. The number of rotatable bonds is 5. The van der Waals surface area contributed by atoms with Crippen molar-refractivity contribution in [2.75, 3.05) is 13.1 Å². The van der Waals surface area contributed by atoms with Crippen molar-refractivity contribution in [3.63, 3.8) is 0 Å². The fourth-order valence-electron chi connectivity index (χ4n) is 2.83. The summed E-state index contributed by atoms with van der Waals surface area (Å²) in [7, 11) is 0. The van der Waals surface area contributed by atoms with Crippen molar-refractivity contribution >= 4 is 5.91 Å². The zero-order valence-electron chi connectivity index (χ0n) is 12.5. The van der Waals surface area contributed by atoms with E-state index in [4.69, 9.17) is 0 Å². The fourth-order valence-corrected chi connectivity index (χ4v) is 2.83. The molecule has 5 heteroatoms. The highest BCUT2D eigenvalue weighted by Crippen LogP contribution is 2.20. The van der Waals surface area contributed by atoms with E-state index in [1.165, 1.54) is 0 Å². The summed E-state index contributed by atoms with van der Waals surface area (Å²) < 4.78 is 2.07. The zero-order chi connectivity index (χ0) is 14.5. The smallest absolute Gasteiger partial charge is 0.222 e. The molecule has 2 heterocycles. The second-order valence-corrected chi connectivity index (χ2v) is 5.75. The van der Waals surface area contributed by atoms with Crippen LogP contribution in [0.15, 0.2) is 12.4 Å². The highest BCUT2D eigenvalue weighted by molar-refractivity contribution is 5.76. The van der Waals surface area contributed by atoms with Crippen LogP contribution in [0.5, 0.6) is 0 Å². The molecule has 0 spiro atoms. The molecule has 1 N–H and O–H groups in total. The van der Waals surface area contributed by atoms with Crippen LogP contribution in [0.3, 0.4) is 0 Å². The molecule has 112 valence electrons. The Morgan fingerprint density at radius 3 is 3.05 bits per heavy atom. The second-order valence-electron chi connectivity index (χ2n) is 5.75. The molecule has 20 heavy (non-hydrogen) atoms. The summed E-state index contributed by atoms with van der Waals surface area (Å²) in [5.74, 6) is 1.45. The Morgan fingerprint density at radius 2 is 2.40 bits per heavy atom. The number of hydrogen-bond donors (Lipinski definition) is 1. The predicted molar refractivity (Wildman–Crippen MR) is 77.2 cm³/mol. The van der Waals surface area contributed by atoms with Gasteiger partial charge in [0.05, 0.1) is 6.10 Å². The van der Waals surface area contributed by atoms with Gasteiger partial charge in [-0.05, 0) is 33.1 Å². The van der Waals surface area contributed by atoms with Crippen molar-refractivity contribution in [2.24, 2.45) is 5.92 Å². The first-order chi connectivity index (χ1) is 9.58. The summed E-state index contributed by atoms with van der Waals surface area (Å²) in [6.07, 6.45) is 6.85. The molecule has 1 aliphatic heterocycles. The van der Waals surface area contributed by atoms with Gasteiger partial charge in [-0.1, -0.05) is 0 Å². The maximum Gasteiger partial charge on any atom is 0.222 e.